The van der Waals surface area contributed by atoms with Gasteiger partial charge in [-0.1, -0.05) is 12.1 Å². The minimum Gasteiger partial charge on any atom is -0.489 e. The molecule has 0 aliphatic rings. The number of aromatic carboxylic acids is 1. The fourth-order valence-corrected chi connectivity index (χ4v) is 1.81. The first kappa shape index (κ1) is 14.1. The number of carbonyl (C=O) groups is 1. The van der Waals surface area contributed by atoms with Crippen LogP contribution < -0.4 is 4.74 Å². The van der Waals surface area contributed by atoms with Gasteiger partial charge in [-0.2, -0.15) is 0 Å². The van der Waals surface area contributed by atoms with Gasteiger partial charge < -0.3 is 19.4 Å². The average Bonchev–Trinajstić information content (AvgIpc) is 2.80. The second-order valence-corrected chi connectivity index (χ2v) is 4.40. The molecule has 1 aromatic heterocycles. The molecule has 5 nitrogen and oxygen atoms in total. The zero-order valence-corrected chi connectivity index (χ0v) is 11.1. The van der Waals surface area contributed by atoms with E-state index in [0.717, 1.165) is 5.56 Å². The monoisotopic (exact) mass is 276 g/mol. The molecule has 0 saturated carbocycles. The van der Waals surface area contributed by atoms with Crippen LogP contribution in [0.3, 0.4) is 0 Å². The van der Waals surface area contributed by atoms with E-state index < -0.39 is 5.97 Å². The number of furan rings is 1. The molecule has 0 radical (unpaired) electrons. The molecular weight excluding hydrogens is 260 g/mol. The van der Waals surface area contributed by atoms with Gasteiger partial charge in [0.05, 0.1) is 0 Å². The van der Waals surface area contributed by atoms with Crippen LogP contribution in [0.4, 0.5) is 0 Å². The van der Waals surface area contributed by atoms with Crippen molar-refractivity contribution in [1.82, 2.24) is 0 Å². The first-order chi connectivity index (χ1) is 9.60. The van der Waals surface area contributed by atoms with Gasteiger partial charge in [-0.25, -0.2) is 4.79 Å². The summed E-state index contributed by atoms with van der Waals surface area (Å²) < 4.78 is 10.7. The van der Waals surface area contributed by atoms with E-state index in [4.69, 9.17) is 19.4 Å². The van der Waals surface area contributed by atoms with Crippen LogP contribution in [0.15, 0.2) is 34.7 Å². The number of aliphatic hydroxyl groups is 1. The van der Waals surface area contributed by atoms with Crippen LogP contribution in [0, 0.1) is 6.92 Å². The van der Waals surface area contributed by atoms with Crippen molar-refractivity contribution in [3.05, 3.63) is 53.0 Å². The summed E-state index contributed by atoms with van der Waals surface area (Å²) in [5.74, 6) is 0.0514. The van der Waals surface area contributed by atoms with Gasteiger partial charge in [-0.3, -0.25) is 0 Å². The first-order valence-corrected chi connectivity index (χ1v) is 6.25. The summed E-state index contributed by atoms with van der Waals surface area (Å²) in [7, 11) is 0. The lowest BCUT2D eigenvalue weighted by atomic mass is 10.1. The van der Waals surface area contributed by atoms with E-state index in [1.165, 1.54) is 6.07 Å². The molecule has 2 N–H and O–H groups in total. The highest BCUT2D eigenvalue weighted by Crippen LogP contribution is 2.19. The number of rotatable bonds is 6. The second-order valence-electron chi connectivity index (χ2n) is 4.40. The molecule has 5 heteroatoms. The minimum absolute atomic E-state index is 0.0839. The van der Waals surface area contributed by atoms with Crippen LogP contribution in [-0.2, 0) is 13.0 Å². The van der Waals surface area contributed by atoms with Gasteiger partial charge in [0.2, 0.25) is 5.76 Å². The smallest absolute Gasteiger partial charge is 0.371 e. The van der Waals surface area contributed by atoms with E-state index in [-0.39, 0.29) is 19.0 Å². The third-order valence-corrected chi connectivity index (χ3v) is 2.95. The van der Waals surface area contributed by atoms with Gasteiger partial charge in [0.1, 0.15) is 18.1 Å². The lowest BCUT2D eigenvalue weighted by Gasteiger charge is -2.06. The molecule has 2 aromatic rings. The van der Waals surface area contributed by atoms with Gasteiger partial charge in [-0.05, 0) is 37.1 Å². The van der Waals surface area contributed by atoms with Gasteiger partial charge in [0.25, 0.3) is 0 Å². The molecule has 1 heterocycles. The van der Waals surface area contributed by atoms with E-state index in [0.29, 0.717) is 23.5 Å². The average molecular weight is 276 g/mol. The predicted octanol–water partition coefficient (Wildman–Crippen LogP) is 2.40. The highest BCUT2D eigenvalue weighted by molar-refractivity contribution is 5.84. The van der Waals surface area contributed by atoms with Crippen LogP contribution in [0.1, 0.15) is 27.4 Å². The van der Waals surface area contributed by atoms with Crippen molar-refractivity contribution >= 4 is 5.97 Å². The number of carboxylic acids is 1. The maximum absolute atomic E-state index is 10.8. The van der Waals surface area contributed by atoms with Crippen molar-refractivity contribution in [2.75, 3.05) is 6.61 Å². The Morgan fingerprint density at radius 1 is 1.30 bits per heavy atom. The molecule has 106 valence electrons. The van der Waals surface area contributed by atoms with E-state index >= 15 is 0 Å². The second kappa shape index (κ2) is 6.25. The summed E-state index contributed by atoms with van der Waals surface area (Å²) >= 11 is 0. The first-order valence-electron chi connectivity index (χ1n) is 6.25. The number of aryl methyl sites for hydroxylation is 1. The van der Waals surface area contributed by atoms with Gasteiger partial charge in [0.15, 0.2) is 0 Å². The number of carboxylic acid groups (broad SMARTS) is 1. The molecule has 0 unspecified atom stereocenters. The highest BCUT2D eigenvalue weighted by atomic mass is 16.5. The molecule has 0 spiro atoms. The van der Waals surface area contributed by atoms with Crippen molar-refractivity contribution in [3.63, 3.8) is 0 Å². The zero-order valence-electron chi connectivity index (χ0n) is 11.1. The Labute approximate surface area is 116 Å². The molecule has 1 aromatic carbocycles. The summed E-state index contributed by atoms with van der Waals surface area (Å²) in [6.45, 7) is 2.07. The maximum Gasteiger partial charge on any atom is 0.371 e. The third kappa shape index (κ3) is 3.39. The van der Waals surface area contributed by atoms with Crippen LogP contribution >= 0.6 is 0 Å². The number of ether oxygens (including phenoxy) is 1. The summed E-state index contributed by atoms with van der Waals surface area (Å²) in [5, 5.41) is 17.7. The largest absolute Gasteiger partial charge is 0.489 e. The van der Waals surface area contributed by atoms with E-state index in [1.807, 2.05) is 24.3 Å². The fourth-order valence-electron chi connectivity index (χ4n) is 1.81. The molecule has 0 amide bonds. The van der Waals surface area contributed by atoms with Crippen molar-refractivity contribution in [3.8, 4) is 5.75 Å². The molecule has 0 fully saturated rings. The Hall–Kier alpha value is -2.27. The lowest BCUT2D eigenvalue weighted by Crippen LogP contribution is -1.97. The predicted molar refractivity (Wildman–Crippen MR) is 72.0 cm³/mol. The van der Waals surface area contributed by atoms with Gasteiger partial charge in [-0.15, -0.1) is 0 Å². The van der Waals surface area contributed by atoms with Crippen molar-refractivity contribution < 1.29 is 24.2 Å². The fraction of sp³-hybridized carbons (Fsp3) is 0.267. The molecule has 0 aliphatic heterocycles. The lowest BCUT2D eigenvalue weighted by molar-refractivity contribution is 0.0661. The molecule has 20 heavy (non-hydrogen) atoms. The summed E-state index contributed by atoms with van der Waals surface area (Å²) in [5.41, 5.74) is 1.74. The number of aliphatic hydroxyl groups excluding tert-OH is 1. The van der Waals surface area contributed by atoms with Crippen LogP contribution in [0.25, 0.3) is 0 Å². The summed E-state index contributed by atoms with van der Waals surface area (Å²) in [4.78, 5) is 10.8. The molecule has 0 bridgehead atoms. The molecular formula is C15H16O5. The van der Waals surface area contributed by atoms with Crippen molar-refractivity contribution in [1.29, 1.82) is 0 Å². The van der Waals surface area contributed by atoms with Gasteiger partial charge >= 0.3 is 5.97 Å². The number of benzene rings is 1. The zero-order chi connectivity index (χ0) is 14.5. The van der Waals surface area contributed by atoms with Crippen molar-refractivity contribution in [2.45, 2.75) is 20.0 Å². The highest BCUT2D eigenvalue weighted by Gasteiger charge is 2.13. The van der Waals surface area contributed by atoms with E-state index in [9.17, 15) is 4.79 Å². The van der Waals surface area contributed by atoms with Crippen molar-refractivity contribution in [2.24, 2.45) is 0 Å². The summed E-state index contributed by atoms with van der Waals surface area (Å²) in [6, 6.07) is 8.88. The SMILES string of the molecule is Cc1oc(C(=O)O)cc1COc1ccc(CCO)cc1. The van der Waals surface area contributed by atoms with Crippen LogP contribution in [0.5, 0.6) is 5.75 Å². The quantitative estimate of drug-likeness (QED) is 0.846. The topological polar surface area (TPSA) is 79.9 Å². The standard InChI is InChI=1S/C15H16O5/c1-10-12(8-14(20-10)15(17)18)9-19-13-4-2-11(3-5-13)6-7-16/h2-5,8,16H,6-7,9H2,1H3,(H,17,18). The maximum atomic E-state index is 10.8. The molecule has 0 aliphatic carbocycles. The Morgan fingerprint density at radius 2 is 2.00 bits per heavy atom. The van der Waals surface area contributed by atoms with Gasteiger partial charge in [0, 0.05) is 12.2 Å². The molecule has 2 rings (SSSR count). The normalized spacial score (nSPS) is 10.5. The molecule has 0 atom stereocenters. The Morgan fingerprint density at radius 3 is 2.55 bits per heavy atom. The van der Waals surface area contributed by atoms with Crippen LogP contribution in [0.2, 0.25) is 0 Å². The van der Waals surface area contributed by atoms with E-state index in [1.54, 1.807) is 6.92 Å². The Bertz CT molecular complexity index is 583. The third-order valence-electron chi connectivity index (χ3n) is 2.95. The molecule has 0 saturated heterocycles. The number of hydrogen-bond donors (Lipinski definition) is 2. The summed E-state index contributed by atoms with van der Waals surface area (Å²) in [6.07, 6.45) is 0.614. The number of hydrogen-bond acceptors (Lipinski definition) is 4. The Balaban J connectivity index is 1.99. The van der Waals surface area contributed by atoms with E-state index in [2.05, 4.69) is 0 Å². The minimum atomic E-state index is -1.09. The Kier molecular flexibility index (Phi) is 4.42. The van der Waals surface area contributed by atoms with Crippen LogP contribution in [-0.4, -0.2) is 22.8 Å².